The standard InChI is InChI=1S/C13H22O3/c1-7(16-13(2,3)4)9-5-8-6-10(9)12(15)11(8)14/h8-12,14-15H,1,5-6H2,2-4H3/t8?,9?,10?,11-,12+/m1/s1. The number of hydrogen-bond acceptors (Lipinski definition) is 3. The van der Waals surface area contributed by atoms with Crippen LogP contribution in [0.3, 0.4) is 0 Å². The van der Waals surface area contributed by atoms with Gasteiger partial charge in [0.2, 0.25) is 0 Å². The van der Waals surface area contributed by atoms with E-state index in [9.17, 15) is 10.2 Å². The Morgan fingerprint density at radius 2 is 1.81 bits per heavy atom. The van der Waals surface area contributed by atoms with Crippen LogP contribution >= 0.6 is 0 Å². The van der Waals surface area contributed by atoms with Crippen LogP contribution in [0.15, 0.2) is 12.3 Å². The minimum atomic E-state index is -0.593. The molecule has 92 valence electrons. The maximum absolute atomic E-state index is 9.86. The maximum atomic E-state index is 9.86. The van der Waals surface area contributed by atoms with Crippen LogP contribution in [0.25, 0.3) is 0 Å². The van der Waals surface area contributed by atoms with Gasteiger partial charge in [-0.3, -0.25) is 0 Å². The highest BCUT2D eigenvalue weighted by Crippen LogP contribution is 2.51. The molecule has 0 amide bonds. The van der Waals surface area contributed by atoms with Crippen molar-refractivity contribution >= 4 is 0 Å². The van der Waals surface area contributed by atoms with Gasteiger partial charge >= 0.3 is 0 Å². The summed E-state index contributed by atoms with van der Waals surface area (Å²) in [6, 6.07) is 0. The third-order valence-corrected chi connectivity index (χ3v) is 3.77. The average molecular weight is 226 g/mol. The zero-order chi connectivity index (χ0) is 12.1. The fraction of sp³-hybridized carbons (Fsp3) is 0.846. The SMILES string of the molecule is C=C(OC(C)(C)C)C1CC2CC1[C@H](O)[C@@H]2O. The van der Waals surface area contributed by atoms with Crippen LogP contribution in [0.1, 0.15) is 33.6 Å². The van der Waals surface area contributed by atoms with Gasteiger partial charge in [-0.05, 0) is 45.4 Å². The van der Waals surface area contributed by atoms with Gasteiger partial charge in [0.1, 0.15) is 5.60 Å². The predicted molar refractivity (Wildman–Crippen MR) is 61.7 cm³/mol. The number of aliphatic hydroxyl groups is 2. The van der Waals surface area contributed by atoms with Crippen molar-refractivity contribution in [1.82, 2.24) is 0 Å². The minimum Gasteiger partial charge on any atom is -0.493 e. The molecule has 3 nitrogen and oxygen atoms in total. The lowest BCUT2D eigenvalue weighted by Crippen LogP contribution is -2.38. The smallest absolute Gasteiger partial charge is 0.100 e. The molecule has 2 bridgehead atoms. The Labute approximate surface area is 97.1 Å². The van der Waals surface area contributed by atoms with Gasteiger partial charge in [-0.25, -0.2) is 0 Å². The van der Waals surface area contributed by atoms with Crippen LogP contribution in [0.4, 0.5) is 0 Å². The molecule has 3 heteroatoms. The maximum Gasteiger partial charge on any atom is 0.100 e. The summed E-state index contributed by atoms with van der Waals surface area (Å²) in [6.45, 7) is 9.98. The van der Waals surface area contributed by atoms with Crippen molar-refractivity contribution in [2.45, 2.75) is 51.4 Å². The van der Waals surface area contributed by atoms with Crippen LogP contribution in [0.2, 0.25) is 0 Å². The minimum absolute atomic E-state index is 0.134. The largest absolute Gasteiger partial charge is 0.493 e. The van der Waals surface area contributed by atoms with Crippen molar-refractivity contribution in [2.24, 2.45) is 17.8 Å². The lowest BCUT2D eigenvalue weighted by molar-refractivity contribution is -0.0470. The first kappa shape index (κ1) is 11.9. The summed E-state index contributed by atoms with van der Waals surface area (Å²) in [5.41, 5.74) is -0.234. The van der Waals surface area contributed by atoms with E-state index in [1.54, 1.807) is 0 Å². The number of allylic oxidation sites excluding steroid dienone is 1. The van der Waals surface area contributed by atoms with Crippen LogP contribution in [-0.2, 0) is 4.74 Å². The average Bonchev–Trinajstić information content (AvgIpc) is 2.65. The van der Waals surface area contributed by atoms with Gasteiger partial charge < -0.3 is 14.9 Å². The Bertz CT molecular complexity index is 290. The number of rotatable bonds is 2. The van der Waals surface area contributed by atoms with E-state index in [0.717, 1.165) is 18.6 Å². The van der Waals surface area contributed by atoms with E-state index in [-0.39, 0.29) is 23.4 Å². The molecule has 0 aromatic rings. The number of aliphatic hydroxyl groups excluding tert-OH is 2. The van der Waals surface area contributed by atoms with Gasteiger partial charge in [-0.2, -0.15) is 0 Å². The Hall–Kier alpha value is -0.540. The molecule has 2 fully saturated rings. The normalized spacial score (nSPS) is 42.4. The lowest BCUT2D eigenvalue weighted by Gasteiger charge is -2.33. The topological polar surface area (TPSA) is 49.7 Å². The summed E-state index contributed by atoms with van der Waals surface area (Å²) in [4.78, 5) is 0. The molecule has 2 rings (SSSR count). The summed E-state index contributed by atoms with van der Waals surface area (Å²) in [7, 11) is 0. The highest BCUT2D eigenvalue weighted by atomic mass is 16.5. The van der Waals surface area contributed by atoms with E-state index in [1.807, 2.05) is 20.8 Å². The second kappa shape index (κ2) is 3.74. The molecule has 0 aromatic heterocycles. The Morgan fingerprint density at radius 3 is 2.25 bits per heavy atom. The molecule has 0 saturated heterocycles. The van der Waals surface area contributed by atoms with Crippen molar-refractivity contribution in [3.63, 3.8) is 0 Å². The predicted octanol–water partition coefficient (Wildman–Crippen LogP) is 1.69. The molecule has 0 aromatic carbocycles. The Balaban J connectivity index is 2.01. The fourth-order valence-electron chi connectivity index (χ4n) is 3.14. The molecule has 3 unspecified atom stereocenters. The first-order valence-electron chi connectivity index (χ1n) is 6.03. The van der Waals surface area contributed by atoms with Gasteiger partial charge in [0, 0.05) is 5.92 Å². The zero-order valence-corrected chi connectivity index (χ0v) is 10.3. The Kier molecular flexibility index (Phi) is 2.79. The van der Waals surface area contributed by atoms with Crippen molar-refractivity contribution in [1.29, 1.82) is 0 Å². The summed E-state index contributed by atoms with van der Waals surface area (Å²) < 4.78 is 5.77. The van der Waals surface area contributed by atoms with Crippen molar-refractivity contribution in [3.05, 3.63) is 12.3 Å². The molecule has 5 atom stereocenters. The van der Waals surface area contributed by atoms with Crippen molar-refractivity contribution in [2.75, 3.05) is 0 Å². The van der Waals surface area contributed by atoms with E-state index in [1.165, 1.54) is 0 Å². The van der Waals surface area contributed by atoms with Crippen molar-refractivity contribution < 1.29 is 14.9 Å². The number of ether oxygens (including phenoxy) is 1. The van der Waals surface area contributed by atoms with Crippen LogP contribution in [0, 0.1) is 17.8 Å². The molecule has 2 N–H and O–H groups in total. The molecule has 2 aliphatic carbocycles. The van der Waals surface area contributed by atoms with E-state index in [4.69, 9.17) is 4.74 Å². The molecule has 16 heavy (non-hydrogen) atoms. The summed E-state index contributed by atoms with van der Waals surface area (Å²) >= 11 is 0. The highest BCUT2D eigenvalue weighted by molar-refractivity contribution is 5.10. The molecular weight excluding hydrogens is 204 g/mol. The summed E-state index contributed by atoms with van der Waals surface area (Å²) in [5.74, 6) is 1.34. The molecular formula is C13H22O3. The van der Waals surface area contributed by atoms with Crippen LogP contribution in [0.5, 0.6) is 0 Å². The fourth-order valence-corrected chi connectivity index (χ4v) is 3.14. The first-order chi connectivity index (χ1) is 7.29. The van der Waals surface area contributed by atoms with Gasteiger partial charge in [0.15, 0.2) is 0 Å². The van der Waals surface area contributed by atoms with Crippen LogP contribution < -0.4 is 0 Å². The molecule has 0 spiro atoms. The summed E-state index contributed by atoms with van der Waals surface area (Å²) in [5, 5.41) is 19.6. The van der Waals surface area contributed by atoms with Gasteiger partial charge in [0.05, 0.1) is 18.0 Å². The molecule has 0 aliphatic heterocycles. The number of hydrogen-bond donors (Lipinski definition) is 2. The van der Waals surface area contributed by atoms with Gasteiger partial charge in [0.25, 0.3) is 0 Å². The van der Waals surface area contributed by atoms with E-state index in [0.29, 0.717) is 0 Å². The molecule has 0 heterocycles. The second-order valence-corrected chi connectivity index (χ2v) is 6.16. The first-order valence-corrected chi connectivity index (χ1v) is 6.03. The highest BCUT2D eigenvalue weighted by Gasteiger charge is 2.53. The Morgan fingerprint density at radius 1 is 1.19 bits per heavy atom. The van der Waals surface area contributed by atoms with E-state index >= 15 is 0 Å². The zero-order valence-electron chi connectivity index (χ0n) is 10.3. The van der Waals surface area contributed by atoms with Gasteiger partial charge in [-0.1, -0.05) is 6.58 Å². The second-order valence-electron chi connectivity index (χ2n) is 6.16. The third-order valence-electron chi connectivity index (χ3n) is 3.77. The summed E-state index contributed by atoms with van der Waals surface area (Å²) in [6.07, 6.45) is 0.671. The molecule has 2 aliphatic rings. The van der Waals surface area contributed by atoms with Gasteiger partial charge in [-0.15, -0.1) is 0 Å². The quantitative estimate of drug-likeness (QED) is 0.704. The van der Waals surface area contributed by atoms with E-state index < -0.39 is 12.2 Å². The van der Waals surface area contributed by atoms with E-state index in [2.05, 4.69) is 6.58 Å². The monoisotopic (exact) mass is 226 g/mol. The third kappa shape index (κ3) is 1.98. The lowest BCUT2D eigenvalue weighted by atomic mass is 9.84. The van der Waals surface area contributed by atoms with Crippen LogP contribution in [-0.4, -0.2) is 28.0 Å². The van der Waals surface area contributed by atoms with Crippen molar-refractivity contribution in [3.8, 4) is 0 Å². The molecule has 2 saturated carbocycles. The molecule has 0 radical (unpaired) electrons. The number of fused-ring (bicyclic) bond motifs is 2.